The number of carbonyl (C=O) groups is 2. The first kappa shape index (κ1) is 19.8. The number of hydrogen-bond acceptors (Lipinski definition) is 5. The first-order valence-corrected chi connectivity index (χ1v) is 8.92. The fourth-order valence-corrected chi connectivity index (χ4v) is 3.03. The Balaban J connectivity index is 2.06. The molecule has 8 nitrogen and oxygen atoms in total. The predicted molar refractivity (Wildman–Crippen MR) is 112 cm³/mol. The van der Waals surface area contributed by atoms with Crippen LogP contribution in [0, 0.1) is 25.2 Å². The van der Waals surface area contributed by atoms with E-state index < -0.39 is 11.8 Å². The van der Waals surface area contributed by atoms with Crippen LogP contribution >= 0.6 is 0 Å². The largest absolute Gasteiger partial charge is 0.355 e. The smallest absolute Gasteiger partial charge is 0.274 e. The summed E-state index contributed by atoms with van der Waals surface area (Å²) in [6.07, 6.45) is 1.63. The number of hydrogen-bond donors (Lipinski definition) is 2. The van der Waals surface area contributed by atoms with Gasteiger partial charge in [-0.1, -0.05) is 6.07 Å². The fourth-order valence-electron chi connectivity index (χ4n) is 3.03. The van der Waals surface area contributed by atoms with Gasteiger partial charge in [0.2, 0.25) is 0 Å². The molecular weight excluding hydrogens is 367 g/mol. The molecule has 0 bridgehead atoms. The molecule has 2 heterocycles. The highest BCUT2D eigenvalue weighted by molar-refractivity contribution is 6.31. The maximum absolute atomic E-state index is 13.1. The number of nitrogens with zero attached hydrogens (tertiary/aromatic N) is 4. The van der Waals surface area contributed by atoms with E-state index in [1.54, 1.807) is 33.1 Å². The second-order valence-electron chi connectivity index (χ2n) is 6.59. The van der Waals surface area contributed by atoms with Crippen molar-refractivity contribution in [1.82, 2.24) is 20.1 Å². The second kappa shape index (κ2) is 7.98. The van der Waals surface area contributed by atoms with Gasteiger partial charge in [0.15, 0.2) is 13.7 Å². The fraction of sp³-hybridized carbons (Fsp3) is 0.150. The van der Waals surface area contributed by atoms with E-state index in [1.807, 2.05) is 25.1 Å². The molecule has 0 atom stereocenters. The summed E-state index contributed by atoms with van der Waals surface area (Å²) < 4.78 is 1.48. The molecule has 0 spiro atoms. The van der Waals surface area contributed by atoms with Gasteiger partial charge >= 0.3 is 0 Å². The minimum atomic E-state index is -0.436. The van der Waals surface area contributed by atoms with E-state index in [2.05, 4.69) is 20.7 Å². The van der Waals surface area contributed by atoms with Crippen molar-refractivity contribution in [3.05, 3.63) is 64.5 Å². The molecule has 2 N–H and O–H groups in total. The second-order valence-corrected chi connectivity index (χ2v) is 6.59. The number of aryl methyl sites for hydroxylation is 2. The molecule has 0 radical (unpaired) electrons. The molecule has 3 rings (SSSR count). The van der Waals surface area contributed by atoms with E-state index >= 15 is 0 Å². The van der Waals surface area contributed by atoms with Gasteiger partial charge in [-0.05, 0) is 49.2 Å². The van der Waals surface area contributed by atoms with Crippen molar-refractivity contribution in [2.75, 3.05) is 12.4 Å². The number of nitrogens with one attached hydrogen (secondary N) is 2. The van der Waals surface area contributed by atoms with Crippen LogP contribution in [0.15, 0.2) is 36.5 Å². The molecule has 0 saturated carbocycles. The zero-order chi connectivity index (χ0) is 21.1. The number of rotatable bonds is 4. The van der Waals surface area contributed by atoms with Gasteiger partial charge in [-0.15, -0.1) is 0 Å². The predicted octanol–water partition coefficient (Wildman–Crippen LogP) is 0.626. The lowest BCUT2D eigenvalue weighted by Gasteiger charge is -2.15. The van der Waals surface area contributed by atoms with Crippen LogP contribution in [0.4, 0.5) is 5.69 Å². The van der Waals surface area contributed by atoms with Crippen LogP contribution in [0.25, 0.3) is 5.82 Å². The number of anilines is 1. The molecule has 0 fully saturated rings. The summed E-state index contributed by atoms with van der Waals surface area (Å²) in [5, 5.41) is 18.9. The molecular formula is C20H19BN6O2. The van der Waals surface area contributed by atoms with E-state index in [9.17, 15) is 14.9 Å². The normalized spacial score (nSPS) is 10.3. The molecule has 2 amide bonds. The number of nitriles is 1. The molecule has 0 aliphatic rings. The first-order valence-electron chi connectivity index (χ1n) is 8.92. The Kier molecular flexibility index (Phi) is 5.46. The van der Waals surface area contributed by atoms with Gasteiger partial charge in [0.1, 0.15) is 5.69 Å². The lowest BCUT2D eigenvalue weighted by molar-refractivity contribution is 0.0964. The highest BCUT2D eigenvalue weighted by atomic mass is 16.2. The molecule has 3 aromatic rings. The molecule has 0 saturated heterocycles. The zero-order valence-electron chi connectivity index (χ0n) is 16.6. The summed E-state index contributed by atoms with van der Waals surface area (Å²) in [7, 11) is 3.28. The summed E-state index contributed by atoms with van der Waals surface area (Å²) in [5.74, 6) is -0.284. The van der Waals surface area contributed by atoms with Gasteiger partial charge in [-0.3, -0.25) is 9.59 Å². The van der Waals surface area contributed by atoms with E-state index in [1.165, 1.54) is 17.8 Å². The Morgan fingerprint density at radius 1 is 1.17 bits per heavy atom. The van der Waals surface area contributed by atoms with Crippen LogP contribution in [0.2, 0.25) is 0 Å². The number of carbonyl (C=O) groups excluding carboxylic acids is 2. The lowest BCUT2D eigenvalue weighted by Crippen LogP contribution is -2.24. The van der Waals surface area contributed by atoms with Gasteiger partial charge in [0.25, 0.3) is 11.8 Å². The quantitative estimate of drug-likeness (QED) is 0.639. The molecule has 9 heteroatoms. The van der Waals surface area contributed by atoms with Crippen molar-refractivity contribution in [3.63, 3.8) is 0 Å². The van der Waals surface area contributed by atoms with Crippen LogP contribution in [-0.2, 0) is 0 Å². The van der Waals surface area contributed by atoms with E-state index in [4.69, 9.17) is 0 Å². The van der Waals surface area contributed by atoms with Crippen molar-refractivity contribution in [1.29, 1.82) is 5.26 Å². The van der Waals surface area contributed by atoms with Gasteiger partial charge in [-0.25, -0.2) is 9.67 Å². The number of amides is 2. The van der Waals surface area contributed by atoms with Crippen LogP contribution in [0.1, 0.15) is 37.5 Å². The first-order chi connectivity index (χ1) is 13.8. The molecule has 0 aliphatic heterocycles. The maximum atomic E-state index is 13.1. The van der Waals surface area contributed by atoms with Crippen molar-refractivity contribution in [2.45, 2.75) is 13.8 Å². The van der Waals surface area contributed by atoms with Crippen molar-refractivity contribution in [3.8, 4) is 11.9 Å². The Hall–Kier alpha value is -3.93. The Morgan fingerprint density at radius 3 is 2.59 bits per heavy atom. The standard InChI is InChI=1S/C20H19BN6O2/c1-11-5-4-6-24-18(11)27-15(9-16(21)26-27)20(29)25-17-12(2)7-13(10-22)8-14(17)19(28)23-3/h4-9H,21H2,1-3H3,(H,23,28)(H,25,29). The van der Waals surface area contributed by atoms with Crippen LogP contribution in [-0.4, -0.2) is 41.5 Å². The van der Waals surface area contributed by atoms with Crippen molar-refractivity contribution >= 4 is 30.9 Å². The molecule has 0 aliphatic carbocycles. The van der Waals surface area contributed by atoms with Gasteiger partial charge in [0.05, 0.1) is 22.9 Å². The summed E-state index contributed by atoms with van der Waals surface area (Å²) in [4.78, 5) is 29.7. The third kappa shape index (κ3) is 3.87. The topological polar surface area (TPSA) is 113 Å². The highest BCUT2D eigenvalue weighted by Crippen LogP contribution is 2.24. The van der Waals surface area contributed by atoms with E-state index in [-0.39, 0.29) is 11.3 Å². The summed E-state index contributed by atoms with van der Waals surface area (Å²) in [6, 6.07) is 10.4. The van der Waals surface area contributed by atoms with Crippen LogP contribution < -0.4 is 16.2 Å². The summed E-state index contributed by atoms with van der Waals surface area (Å²) >= 11 is 0. The van der Waals surface area contributed by atoms with Crippen LogP contribution in [0.5, 0.6) is 0 Å². The molecule has 2 aromatic heterocycles. The van der Waals surface area contributed by atoms with E-state index in [0.717, 1.165) is 5.56 Å². The summed E-state index contributed by atoms with van der Waals surface area (Å²) in [5.41, 5.74) is 3.31. The third-order valence-corrected chi connectivity index (χ3v) is 4.42. The zero-order valence-corrected chi connectivity index (χ0v) is 16.6. The third-order valence-electron chi connectivity index (χ3n) is 4.42. The van der Waals surface area contributed by atoms with Gasteiger partial charge < -0.3 is 10.6 Å². The monoisotopic (exact) mass is 386 g/mol. The van der Waals surface area contributed by atoms with E-state index in [0.29, 0.717) is 28.2 Å². The Bertz CT molecular complexity index is 1160. The average molecular weight is 386 g/mol. The Labute approximate surface area is 169 Å². The SMILES string of the molecule is Bc1cc(C(=O)Nc2c(C)cc(C#N)cc2C(=O)NC)n(-c2ncccc2C)n1. The number of benzene rings is 1. The molecule has 1 aromatic carbocycles. The number of aromatic nitrogens is 3. The Morgan fingerprint density at radius 2 is 1.93 bits per heavy atom. The maximum Gasteiger partial charge on any atom is 0.274 e. The van der Waals surface area contributed by atoms with Crippen molar-refractivity contribution in [2.24, 2.45) is 0 Å². The number of pyridine rings is 1. The van der Waals surface area contributed by atoms with Crippen molar-refractivity contribution < 1.29 is 9.59 Å². The molecule has 29 heavy (non-hydrogen) atoms. The highest BCUT2D eigenvalue weighted by Gasteiger charge is 2.21. The average Bonchev–Trinajstić information content (AvgIpc) is 3.10. The minimum Gasteiger partial charge on any atom is -0.355 e. The van der Waals surface area contributed by atoms with Gasteiger partial charge in [0, 0.05) is 18.8 Å². The minimum absolute atomic E-state index is 0.217. The van der Waals surface area contributed by atoms with Crippen LogP contribution in [0.3, 0.4) is 0 Å². The van der Waals surface area contributed by atoms with Gasteiger partial charge in [-0.2, -0.15) is 10.4 Å². The summed E-state index contributed by atoms with van der Waals surface area (Å²) in [6.45, 7) is 3.61. The lowest BCUT2D eigenvalue weighted by atomic mass is 10.0. The molecule has 0 unspecified atom stereocenters. The molecule has 144 valence electrons.